The Morgan fingerprint density at radius 2 is 1.62 bits per heavy atom. The summed E-state index contributed by atoms with van der Waals surface area (Å²) in [6.45, 7) is 11.0. The number of carbonyl (C=O) groups excluding carboxylic acids is 2. The van der Waals surface area contributed by atoms with E-state index in [2.05, 4.69) is 32.2 Å². The van der Waals surface area contributed by atoms with Gasteiger partial charge >= 0.3 is 0 Å². The van der Waals surface area contributed by atoms with Crippen LogP contribution in [-0.2, 0) is 10.2 Å². The van der Waals surface area contributed by atoms with Crippen molar-refractivity contribution in [3.63, 3.8) is 0 Å². The Morgan fingerprint density at radius 3 is 2.30 bits per heavy atom. The fraction of sp³-hybridized carbons (Fsp3) is 0.375. The van der Waals surface area contributed by atoms with Gasteiger partial charge in [0.2, 0.25) is 5.91 Å². The predicted molar refractivity (Wildman–Crippen MR) is 149 cm³/mol. The third-order valence-electron chi connectivity index (χ3n) is 7.36. The largest absolute Gasteiger partial charge is 0.497 e. The highest BCUT2D eigenvalue weighted by Gasteiger charge is 2.40. The van der Waals surface area contributed by atoms with E-state index >= 15 is 0 Å². The lowest BCUT2D eigenvalue weighted by atomic mass is 9.82. The van der Waals surface area contributed by atoms with Crippen LogP contribution in [0, 0.1) is 19.8 Å². The van der Waals surface area contributed by atoms with E-state index in [0.717, 1.165) is 34.4 Å². The number of nitrogens with zero attached hydrogens (tertiary/aromatic N) is 1. The molecule has 1 heterocycles. The van der Waals surface area contributed by atoms with E-state index in [4.69, 9.17) is 4.74 Å². The van der Waals surface area contributed by atoms with Gasteiger partial charge in [-0.15, -0.1) is 0 Å². The number of aryl methyl sites for hydroxylation is 2. The quantitative estimate of drug-likeness (QED) is 0.419. The predicted octanol–water partition coefficient (Wildman–Crippen LogP) is 6.84. The molecule has 194 valence electrons. The number of benzene rings is 3. The number of carbonyl (C=O) groups is 2. The molecule has 1 N–H and O–H groups in total. The minimum absolute atomic E-state index is 0.0245. The van der Waals surface area contributed by atoms with Gasteiger partial charge in [0.05, 0.1) is 19.1 Å². The molecule has 5 nitrogen and oxygen atoms in total. The van der Waals surface area contributed by atoms with Crippen LogP contribution in [0.4, 0.5) is 5.69 Å². The zero-order valence-corrected chi connectivity index (χ0v) is 22.8. The summed E-state index contributed by atoms with van der Waals surface area (Å²) in [6.07, 6.45) is 1.46. The topological polar surface area (TPSA) is 58.6 Å². The zero-order valence-electron chi connectivity index (χ0n) is 22.8. The smallest absolute Gasteiger partial charge is 0.254 e. The molecule has 1 aliphatic rings. The SMILES string of the molecule is COc1cccc(C2C(C(=O)Nc3cccc(C(C)(C)C)c3)CCCN2C(=O)c2c(C)cccc2C)c1. The molecule has 0 bridgehead atoms. The van der Waals surface area contributed by atoms with Crippen LogP contribution in [0.5, 0.6) is 5.75 Å². The highest BCUT2D eigenvalue weighted by molar-refractivity contribution is 5.99. The number of rotatable bonds is 5. The minimum Gasteiger partial charge on any atom is -0.497 e. The Balaban J connectivity index is 1.73. The average molecular weight is 499 g/mol. The molecule has 3 aromatic rings. The second-order valence-electron chi connectivity index (χ2n) is 11.1. The van der Waals surface area contributed by atoms with Gasteiger partial charge in [-0.2, -0.15) is 0 Å². The van der Waals surface area contributed by atoms with Gasteiger partial charge in [0, 0.05) is 17.8 Å². The van der Waals surface area contributed by atoms with Crippen molar-refractivity contribution in [1.29, 1.82) is 0 Å². The number of methoxy groups -OCH3 is 1. The fourth-order valence-corrected chi connectivity index (χ4v) is 5.33. The van der Waals surface area contributed by atoms with Gasteiger partial charge in [0.15, 0.2) is 0 Å². The summed E-state index contributed by atoms with van der Waals surface area (Å²) in [6, 6.07) is 21.3. The summed E-state index contributed by atoms with van der Waals surface area (Å²) in [5, 5.41) is 3.17. The molecule has 0 aliphatic carbocycles. The average Bonchev–Trinajstić information content (AvgIpc) is 2.87. The second kappa shape index (κ2) is 10.8. The molecule has 0 aromatic heterocycles. The molecule has 1 aliphatic heterocycles. The first kappa shape index (κ1) is 26.5. The maximum Gasteiger partial charge on any atom is 0.254 e. The molecule has 37 heavy (non-hydrogen) atoms. The molecule has 2 amide bonds. The number of ether oxygens (including phenoxy) is 1. The Kier molecular flexibility index (Phi) is 7.72. The van der Waals surface area contributed by atoms with Gasteiger partial charge in [-0.25, -0.2) is 0 Å². The van der Waals surface area contributed by atoms with Crippen LogP contribution in [0.15, 0.2) is 66.7 Å². The van der Waals surface area contributed by atoms with Crippen LogP contribution in [0.1, 0.15) is 72.3 Å². The van der Waals surface area contributed by atoms with Crippen molar-refractivity contribution in [2.24, 2.45) is 5.92 Å². The van der Waals surface area contributed by atoms with Crippen LogP contribution in [-0.4, -0.2) is 30.4 Å². The van der Waals surface area contributed by atoms with Gasteiger partial charge in [0.25, 0.3) is 5.91 Å². The molecular formula is C32H38N2O3. The monoisotopic (exact) mass is 498 g/mol. The Morgan fingerprint density at radius 1 is 0.946 bits per heavy atom. The molecule has 2 unspecified atom stereocenters. The first-order valence-electron chi connectivity index (χ1n) is 13.0. The standard InChI is InChI=1S/C32H38N2O3/c1-21-11-7-12-22(2)28(21)31(36)34-18-10-17-27(29(34)23-13-8-16-26(19-23)37-6)30(35)33-25-15-9-14-24(20-25)32(3,4)5/h7-9,11-16,19-20,27,29H,10,17-18H2,1-6H3,(H,33,35). The number of hydrogen-bond donors (Lipinski definition) is 1. The van der Waals surface area contributed by atoms with Crippen molar-refractivity contribution in [2.75, 3.05) is 19.0 Å². The zero-order chi connectivity index (χ0) is 26.7. The van der Waals surface area contributed by atoms with E-state index in [1.807, 2.05) is 79.4 Å². The third kappa shape index (κ3) is 5.71. The van der Waals surface area contributed by atoms with Crippen LogP contribution < -0.4 is 10.1 Å². The summed E-state index contributed by atoms with van der Waals surface area (Å²) >= 11 is 0. The van der Waals surface area contributed by atoms with Crippen LogP contribution in [0.3, 0.4) is 0 Å². The first-order chi connectivity index (χ1) is 17.6. The van der Waals surface area contributed by atoms with E-state index in [0.29, 0.717) is 24.3 Å². The van der Waals surface area contributed by atoms with Gasteiger partial charge < -0.3 is 15.0 Å². The highest BCUT2D eigenvalue weighted by atomic mass is 16.5. The molecule has 2 atom stereocenters. The van der Waals surface area contributed by atoms with E-state index in [9.17, 15) is 9.59 Å². The van der Waals surface area contributed by atoms with E-state index < -0.39 is 12.0 Å². The van der Waals surface area contributed by atoms with Gasteiger partial charge in [-0.05, 0) is 78.6 Å². The van der Waals surface area contributed by atoms with E-state index in [1.165, 1.54) is 0 Å². The van der Waals surface area contributed by atoms with Crippen molar-refractivity contribution in [3.8, 4) is 5.75 Å². The van der Waals surface area contributed by atoms with Crippen molar-refractivity contribution < 1.29 is 14.3 Å². The van der Waals surface area contributed by atoms with Crippen molar-refractivity contribution in [2.45, 2.75) is 58.9 Å². The molecule has 5 heteroatoms. The van der Waals surface area contributed by atoms with Gasteiger partial charge in [-0.1, -0.05) is 63.2 Å². The van der Waals surface area contributed by atoms with Crippen molar-refractivity contribution >= 4 is 17.5 Å². The highest BCUT2D eigenvalue weighted by Crippen LogP contribution is 2.39. The molecule has 3 aromatic carbocycles. The second-order valence-corrected chi connectivity index (χ2v) is 11.1. The molecule has 0 spiro atoms. The Labute approximate surface area is 220 Å². The maximum absolute atomic E-state index is 14.0. The molecule has 0 saturated carbocycles. The lowest BCUT2D eigenvalue weighted by Crippen LogP contribution is -2.46. The molecule has 4 rings (SSSR count). The van der Waals surface area contributed by atoms with E-state index in [1.54, 1.807) is 7.11 Å². The number of nitrogens with one attached hydrogen (secondary N) is 1. The summed E-state index contributed by atoms with van der Waals surface area (Å²) in [7, 11) is 1.63. The van der Waals surface area contributed by atoms with Crippen molar-refractivity contribution in [1.82, 2.24) is 4.90 Å². The molecule has 0 radical (unpaired) electrons. The Hall–Kier alpha value is -3.60. The van der Waals surface area contributed by atoms with Crippen LogP contribution in [0.25, 0.3) is 0 Å². The molecular weight excluding hydrogens is 460 g/mol. The number of anilines is 1. The van der Waals surface area contributed by atoms with Crippen LogP contribution in [0.2, 0.25) is 0 Å². The van der Waals surface area contributed by atoms with E-state index in [-0.39, 0.29) is 17.2 Å². The lowest BCUT2D eigenvalue weighted by molar-refractivity contribution is -0.123. The van der Waals surface area contributed by atoms with Gasteiger partial charge in [0.1, 0.15) is 5.75 Å². The minimum atomic E-state index is -0.402. The fourth-order valence-electron chi connectivity index (χ4n) is 5.33. The number of hydrogen-bond acceptors (Lipinski definition) is 3. The molecule has 1 saturated heterocycles. The molecule has 1 fully saturated rings. The summed E-state index contributed by atoms with van der Waals surface area (Å²) in [4.78, 5) is 29.7. The number of amides is 2. The maximum atomic E-state index is 14.0. The van der Waals surface area contributed by atoms with Crippen molar-refractivity contribution in [3.05, 3.63) is 94.5 Å². The van der Waals surface area contributed by atoms with Crippen LogP contribution >= 0.6 is 0 Å². The number of piperidine rings is 1. The first-order valence-corrected chi connectivity index (χ1v) is 13.0. The lowest BCUT2D eigenvalue weighted by Gasteiger charge is -2.41. The summed E-state index contributed by atoms with van der Waals surface area (Å²) < 4.78 is 5.50. The number of likely N-dealkylation sites (tertiary alicyclic amines) is 1. The summed E-state index contributed by atoms with van der Waals surface area (Å²) in [5.74, 6) is 0.209. The summed E-state index contributed by atoms with van der Waals surface area (Å²) in [5.41, 5.74) is 5.42. The Bertz CT molecular complexity index is 1270. The van der Waals surface area contributed by atoms with Gasteiger partial charge in [-0.3, -0.25) is 9.59 Å². The normalized spacial score (nSPS) is 17.8. The third-order valence-corrected chi connectivity index (χ3v) is 7.36.